The third-order valence-corrected chi connectivity index (χ3v) is 6.53. The first-order valence-corrected chi connectivity index (χ1v) is 10.4. The van der Waals surface area contributed by atoms with Crippen molar-refractivity contribution >= 4 is 32.5 Å². The van der Waals surface area contributed by atoms with Crippen molar-refractivity contribution in [2.24, 2.45) is 0 Å². The van der Waals surface area contributed by atoms with Crippen LogP contribution in [0.4, 0.5) is 0 Å². The van der Waals surface area contributed by atoms with E-state index in [0.717, 1.165) is 10.4 Å². The molecular weight excluding hydrogens is 344 g/mol. The quantitative estimate of drug-likeness (QED) is 0.628. The second-order valence-electron chi connectivity index (χ2n) is 5.12. The molecule has 23 heavy (non-hydrogen) atoms. The predicted molar refractivity (Wildman–Crippen MR) is 97.9 cm³/mol. The molecule has 0 atom stereocenters. The molecule has 0 N–H and O–H groups in total. The summed E-state index contributed by atoms with van der Waals surface area (Å²) in [6, 6.07) is 15.0. The number of benzene rings is 1. The van der Waals surface area contributed by atoms with Gasteiger partial charge in [0, 0.05) is 26.5 Å². The third kappa shape index (κ3) is 3.91. The Morgan fingerprint density at radius 1 is 0.826 bits per heavy atom. The minimum atomic E-state index is -3.16. The van der Waals surface area contributed by atoms with Crippen LogP contribution < -0.4 is 0 Å². The van der Waals surface area contributed by atoms with E-state index in [-0.39, 0.29) is 0 Å². The van der Waals surface area contributed by atoms with Gasteiger partial charge in [-0.1, -0.05) is 11.8 Å². The molecular formula is C18H14O2S3. The van der Waals surface area contributed by atoms with E-state index in [0.29, 0.717) is 4.90 Å². The summed E-state index contributed by atoms with van der Waals surface area (Å²) in [5.74, 6) is 6.22. The van der Waals surface area contributed by atoms with Crippen LogP contribution in [0.1, 0.15) is 15.3 Å². The molecule has 1 aromatic carbocycles. The van der Waals surface area contributed by atoms with Crippen LogP contribution in [0.5, 0.6) is 0 Å². The van der Waals surface area contributed by atoms with Gasteiger partial charge < -0.3 is 0 Å². The zero-order valence-corrected chi connectivity index (χ0v) is 15.1. The van der Waals surface area contributed by atoms with E-state index >= 15 is 0 Å². The average molecular weight is 359 g/mol. The molecule has 0 saturated heterocycles. The maximum Gasteiger partial charge on any atom is 0.175 e. The van der Waals surface area contributed by atoms with E-state index in [4.69, 9.17) is 0 Å². The summed E-state index contributed by atoms with van der Waals surface area (Å²) in [4.78, 5) is 5.10. The summed E-state index contributed by atoms with van der Waals surface area (Å²) >= 11 is 3.44. The van der Waals surface area contributed by atoms with Crippen molar-refractivity contribution in [2.45, 2.75) is 11.8 Å². The van der Waals surface area contributed by atoms with E-state index in [1.165, 1.54) is 20.9 Å². The van der Waals surface area contributed by atoms with E-state index in [1.54, 1.807) is 46.9 Å². The molecule has 2 aromatic heterocycles. The monoisotopic (exact) mass is 358 g/mol. The number of sulfone groups is 1. The number of thiophene rings is 2. The van der Waals surface area contributed by atoms with Crippen LogP contribution in [0.2, 0.25) is 0 Å². The zero-order valence-electron chi connectivity index (χ0n) is 12.7. The van der Waals surface area contributed by atoms with Crippen LogP contribution in [0.3, 0.4) is 0 Å². The molecule has 3 rings (SSSR count). The molecule has 2 heterocycles. The first-order valence-electron chi connectivity index (χ1n) is 6.90. The van der Waals surface area contributed by atoms with Gasteiger partial charge in [0.2, 0.25) is 0 Å². The van der Waals surface area contributed by atoms with Crippen LogP contribution in [-0.4, -0.2) is 14.7 Å². The largest absolute Gasteiger partial charge is 0.224 e. The maximum absolute atomic E-state index is 11.4. The van der Waals surface area contributed by atoms with E-state index in [1.807, 2.05) is 6.07 Å². The van der Waals surface area contributed by atoms with Crippen molar-refractivity contribution in [3.8, 4) is 21.6 Å². The average Bonchev–Trinajstić information content (AvgIpc) is 3.13. The molecule has 0 unspecified atom stereocenters. The summed E-state index contributed by atoms with van der Waals surface area (Å²) in [6.45, 7) is 2.10. The van der Waals surface area contributed by atoms with Crippen LogP contribution >= 0.6 is 22.7 Å². The van der Waals surface area contributed by atoms with Crippen LogP contribution in [0, 0.1) is 18.8 Å². The molecule has 0 fully saturated rings. The third-order valence-electron chi connectivity index (χ3n) is 3.20. The Kier molecular flexibility index (Phi) is 4.40. The van der Waals surface area contributed by atoms with Crippen LogP contribution in [0.25, 0.3) is 9.75 Å². The van der Waals surface area contributed by atoms with Gasteiger partial charge in [-0.2, -0.15) is 0 Å². The Hall–Kier alpha value is -1.87. The minimum absolute atomic E-state index is 0.314. The highest BCUT2D eigenvalue weighted by Gasteiger charge is 2.06. The van der Waals surface area contributed by atoms with Crippen molar-refractivity contribution in [2.75, 3.05) is 6.26 Å². The predicted octanol–water partition coefficient (Wildman–Crippen LogP) is 4.59. The van der Waals surface area contributed by atoms with Gasteiger partial charge in [-0.15, -0.1) is 22.7 Å². The van der Waals surface area contributed by atoms with Gasteiger partial charge in [0.1, 0.15) is 0 Å². The van der Waals surface area contributed by atoms with Crippen LogP contribution in [0.15, 0.2) is 53.4 Å². The van der Waals surface area contributed by atoms with E-state index in [2.05, 4.69) is 37.0 Å². The molecule has 0 bridgehead atoms. The molecule has 0 saturated carbocycles. The molecule has 5 heteroatoms. The van der Waals surface area contributed by atoms with E-state index in [9.17, 15) is 8.42 Å². The van der Waals surface area contributed by atoms with Gasteiger partial charge in [-0.05, 0) is 55.5 Å². The highest BCUT2D eigenvalue weighted by Crippen LogP contribution is 2.33. The molecule has 3 aromatic rings. The molecule has 0 aliphatic rings. The lowest BCUT2D eigenvalue weighted by Crippen LogP contribution is -1.96. The lowest BCUT2D eigenvalue weighted by molar-refractivity contribution is 0.602. The molecule has 2 nitrogen and oxygen atoms in total. The molecule has 0 aliphatic heterocycles. The lowest BCUT2D eigenvalue weighted by atomic mass is 10.2. The van der Waals surface area contributed by atoms with Crippen molar-refractivity contribution in [3.63, 3.8) is 0 Å². The summed E-state index contributed by atoms with van der Waals surface area (Å²) in [5.41, 5.74) is 0.805. The van der Waals surface area contributed by atoms with Gasteiger partial charge in [0.05, 0.1) is 9.77 Å². The first-order chi connectivity index (χ1) is 10.9. The van der Waals surface area contributed by atoms with Crippen molar-refractivity contribution in [1.29, 1.82) is 0 Å². The summed E-state index contributed by atoms with van der Waals surface area (Å²) < 4.78 is 22.9. The van der Waals surface area contributed by atoms with E-state index < -0.39 is 9.84 Å². The van der Waals surface area contributed by atoms with Gasteiger partial charge in [-0.25, -0.2) is 8.42 Å². The highest BCUT2D eigenvalue weighted by molar-refractivity contribution is 7.90. The normalized spacial score (nSPS) is 11.0. The first kappa shape index (κ1) is 16.0. The van der Waals surface area contributed by atoms with Crippen molar-refractivity contribution < 1.29 is 8.42 Å². The van der Waals surface area contributed by atoms with Gasteiger partial charge in [-0.3, -0.25) is 0 Å². The summed E-state index contributed by atoms with van der Waals surface area (Å²) in [7, 11) is -3.16. The maximum atomic E-state index is 11.4. The Labute approximate surface area is 144 Å². The fourth-order valence-electron chi connectivity index (χ4n) is 2.02. The number of aryl methyl sites for hydroxylation is 1. The molecule has 0 aliphatic carbocycles. The molecule has 0 spiro atoms. The summed E-state index contributed by atoms with van der Waals surface area (Å²) in [5, 5.41) is 0. The molecule has 0 radical (unpaired) electrons. The second-order valence-corrected chi connectivity index (χ2v) is 9.51. The topological polar surface area (TPSA) is 34.1 Å². The van der Waals surface area contributed by atoms with Gasteiger partial charge in [0.25, 0.3) is 0 Å². The fourth-order valence-corrected chi connectivity index (χ4v) is 4.47. The van der Waals surface area contributed by atoms with Crippen molar-refractivity contribution in [1.82, 2.24) is 0 Å². The summed E-state index contributed by atoms with van der Waals surface area (Å²) in [6.07, 6.45) is 1.20. The smallest absolute Gasteiger partial charge is 0.175 e. The number of hydrogen-bond acceptors (Lipinski definition) is 4. The number of rotatable bonds is 2. The zero-order chi connectivity index (χ0) is 16.4. The SMILES string of the molecule is Cc1ccc(-c2ccc(C#Cc3ccc(S(C)(=O)=O)cc3)s2)s1. The Morgan fingerprint density at radius 2 is 1.48 bits per heavy atom. The molecule has 0 amide bonds. The lowest BCUT2D eigenvalue weighted by Gasteiger charge is -1.96. The Bertz CT molecular complexity index is 994. The van der Waals surface area contributed by atoms with Gasteiger partial charge in [0.15, 0.2) is 9.84 Å². The Balaban J connectivity index is 1.81. The molecule has 116 valence electrons. The number of hydrogen-bond donors (Lipinski definition) is 0. The van der Waals surface area contributed by atoms with Crippen molar-refractivity contribution in [3.05, 3.63) is 63.8 Å². The standard InChI is InChI=1S/C18H14O2S3/c1-13-3-11-17(21-13)18-12-8-15(22-18)7-4-14-5-9-16(10-6-14)23(2,19)20/h3,5-6,8-12H,1-2H3. The van der Waals surface area contributed by atoms with Gasteiger partial charge >= 0.3 is 0 Å². The highest BCUT2D eigenvalue weighted by atomic mass is 32.2. The Morgan fingerprint density at radius 3 is 2.09 bits per heavy atom. The minimum Gasteiger partial charge on any atom is -0.224 e. The van der Waals surface area contributed by atoms with Crippen LogP contribution in [-0.2, 0) is 9.84 Å². The fraction of sp³-hybridized carbons (Fsp3) is 0.111. The second kappa shape index (κ2) is 6.32.